The fourth-order valence-corrected chi connectivity index (χ4v) is 0. The maximum absolute atomic E-state index is 4.96. The van der Waals surface area contributed by atoms with Crippen LogP contribution in [-0.4, -0.2) is 11.8 Å². The summed E-state index contributed by atoms with van der Waals surface area (Å²) in [6, 6.07) is 0. The molecule has 0 atom stereocenters. The smallest absolute Gasteiger partial charge is 0.162 e. The third-order valence-electron chi connectivity index (χ3n) is 0.214. The Labute approximate surface area is 39.2 Å². The van der Waals surface area contributed by atoms with E-state index in [4.69, 9.17) is 5.73 Å². The van der Waals surface area contributed by atoms with Crippen molar-refractivity contribution in [2.24, 2.45) is 10.7 Å². The van der Waals surface area contributed by atoms with Crippen molar-refractivity contribution in [3.63, 3.8) is 0 Å². The van der Waals surface area contributed by atoms with Crippen LogP contribution < -0.4 is 5.73 Å². The lowest BCUT2D eigenvalue weighted by molar-refractivity contribution is 1.44. The van der Waals surface area contributed by atoms with E-state index in [1.807, 2.05) is 0 Å². The summed E-state index contributed by atoms with van der Waals surface area (Å²) < 4.78 is 0.442. The van der Waals surface area contributed by atoms with Gasteiger partial charge in [-0.05, 0) is 15.9 Å². The molecule has 0 aliphatic heterocycles. The van der Waals surface area contributed by atoms with E-state index >= 15 is 0 Å². The highest BCUT2D eigenvalue weighted by Crippen LogP contribution is 1.72. The lowest BCUT2D eigenvalue weighted by atomic mass is 11.3. The maximum Gasteiger partial charge on any atom is 0.162 e. The molecule has 30 valence electrons. The summed E-state index contributed by atoms with van der Waals surface area (Å²) in [6.45, 7) is 0. The molecule has 3 heteroatoms. The number of hydrogen-bond acceptors (Lipinski definition) is 1. The van der Waals surface area contributed by atoms with Crippen molar-refractivity contribution >= 4 is 20.7 Å². The van der Waals surface area contributed by atoms with Gasteiger partial charge in [-0.1, -0.05) is 0 Å². The molecule has 0 rings (SSSR count). The van der Waals surface area contributed by atoms with E-state index in [-0.39, 0.29) is 0 Å². The molecule has 0 unspecified atom stereocenters. The second-order valence-electron chi connectivity index (χ2n) is 0.546. The number of rotatable bonds is 0. The van der Waals surface area contributed by atoms with Crippen LogP contribution in [0.15, 0.2) is 4.99 Å². The molecule has 0 fully saturated rings. The zero-order chi connectivity index (χ0) is 4.28. The number of nitrogens with two attached hydrogens (primary N) is 1. The van der Waals surface area contributed by atoms with Crippen molar-refractivity contribution in [1.82, 2.24) is 0 Å². The molecule has 0 spiro atoms. The minimum atomic E-state index is 0.442. The number of aliphatic imine (C=N–C) groups is 1. The van der Waals surface area contributed by atoms with Gasteiger partial charge < -0.3 is 5.73 Å². The highest BCUT2D eigenvalue weighted by Gasteiger charge is 1.65. The summed E-state index contributed by atoms with van der Waals surface area (Å²) in [5.74, 6) is 0. The largest absolute Gasteiger partial charge is 0.378 e. The van der Waals surface area contributed by atoms with E-state index in [1.165, 1.54) is 0 Å². The molecule has 0 saturated carbocycles. The van der Waals surface area contributed by atoms with E-state index in [1.54, 1.807) is 7.05 Å². The molecule has 0 aromatic heterocycles. The monoisotopic (exact) mass is 136 g/mol. The Kier molecular flexibility index (Phi) is 2.18. The van der Waals surface area contributed by atoms with Crippen LogP contribution in [0.5, 0.6) is 0 Å². The van der Waals surface area contributed by atoms with Crippen LogP contribution in [-0.2, 0) is 0 Å². The zero-order valence-corrected chi connectivity index (χ0v) is 4.49. The van der Waals surface area contributed by atoms with Gasteiger partial charge in [0.05, 0.1) is 0 Å². The van der Waals surface area contributed by atoms with Gasteiger partial charge in [-0.3, -0.25) is 4.99 Å². The second-order valence-corrected chi connectivity index (χ2v) is 1.36. The summed E-state index contributed by atoms with van der Waals surface area (Å²) in [6.07, 6.45) is 0. The molecule has 0 aromatic carbocycles. The summed E-state index contributed by atoms with van der Waals surface area (Å²) >= 11 is 2.90. The molecule has 2 nitrogen and oxygen atoms in total. The maximum atomic E-state index is 4.96. The first kappa shape index (κ1) is 4.95. The van der Waals surface area contributed by atoms with Crippen LogP contribution >= 0.6 is 15.9 Å². The van der Waals surface area contributed by atoms with Crippen LogP contribution in [0.25, 0.3) is 0 Å². The minimum Gasteiger partial charge on any atom is -0.378 e. The molecular formula is C2H5BrN2. The van der Waals surface area contributed by atoms with Crippen molar-refractivity contribution in [2.75, 3.05) is 7.05 Å². The number of halogens is 1. The Morgan fingerprint density at radius 2 is 2.20 bits per heavy atom. The fraction of sp³-hybridized carbons (Fsp3) is 0.500. The number of amidine groups is 1. The molecule has 0 heterocycles. The highest BCUT2D eigenvalue weighted by molar-refractivity contribution is 9.18. The highest BCUT2D eigenvalue weighted by atomic mass is 79.9. The first-order chi connectivity index (χ1) is 2.27. The summed E-state index contributed by atoms with van der Waals surface area (Å²) in [5.41, 5.74) is 4.96. The van der Waals surface area contributed by atoms with Gasteiger partial charge in [0, 0.05) is 7.05 Å². The fourth-order valence-electron chi connectivity index (χ4n) is 0. The van der Waals surface area contributed by atoms with Gasteiger partial charge in [0.15, 0.2) is 4.74 Å². The van der Waals surface area contributed by atoms with E-state index in [0.717, 1.165) is 0 Å². The second kappa shape index (κ2) is 2.20. The van der Waals surface area contributed by atoms with Crippen molar-refractivity contribution in [1.29, 1.82) is 0 Å². The average molecular weight is 137 g/mol. The Morgan fingerprint density at radius 1 is 2.00 bits per heavy atom. The standard InChI is InChI=1S/C2H5BrN2/c1-5-2(3)4/h1H3,(H2,4,5). The van der Waals surface area contributed by atoms with Crippen molar-refractivity contribution in [2.45, 2.75) is 0 Å². The van der Waals surface area contributed by atoms with E-state index in [0.29, 0.717) is 4.74 Å². The molecule has 0 aliphatic carbocycles. The predicted octanol–water partition coefficient (Wildman–Crippen LogP) is 0.326. The third kappa shape index (κ3) is 3.95. The lowest BCUT2D eigenvalue weighted by Crippen LogP contribution is -1.98. The normalized spacial score (nSPS) is 12.0. The summed E-state index contributed by atoms with van der Waals surface area (Å²) in [7, 11) is 1.62. The number of nitrogens with zero attached hydrogens (tertiary/aromatic N) is 1. The quantitative estimate of drug-likeness (QED) is 0.291. The molecule has 5 heavy (non-hydrogen) atoms. The summed E-state index contributed by atoms with van der Waals surface area (Å²) in [4.78, 5) is 3.50. The van der Waals surface area contributed by atoms with Gasteiger partial charge in [0.2, 0.25) is 0 Å². The van der Waals surface area contributed by atoms with E-state index in [9.17, 15) is 0 Å². The van der Waals surface area contributed by atoms with Crippen LogP contribution in [0.3, 0.4) is 0 Å². The van der Waals surface area contributed by atoms with Crippen molar-refractivity contribution in [3.05, 3.63) is 0 Å². The van der Waals surface area contributed by atoms with Gasteiger partial charge in [-0.2, -0.15) is 0 Å². The van der Waals surface area contributed by atoms with Crippen LogP contribution in [0.4, 0.5) is 0 Å². The predicted molar refractivity (Wildman–Crippen MR) is 26.5 cm³/mol. The topological polar surface area (TPSA) is 38.4 Å². The van der Waals surface area contributed by atoms with Crippen molar-refractivity contribution < 1.29 is 0 Å². The lowest BCUT2D eigenvalue weighted by Gasteiger charge is -1.72. The molecule has 0 radical (unpaired) electrons. The van der Waals surface area contributed by atoms with Crippen LogP contribution in [0, 0.1) is 0 Å². The molecule has 2 N–H and O–H groups in total. The van der Waals surface area contributed by atoms with E-state index < -0.39 is 0 Å². The van der Waals surface area contributed by atoms with Gasteiger partial charge in [-0.15, -0.1) is 0 Å². The molecule has 0 aromatic rings. The first-order valence-electron chi connectivity index (χ1n) is 1.15. The number of hydrogen-bond donors (Lipinski definition) is 1. The minimum absolute atomic E-state index is 0.442. The van der Waals surface area contributed by atoms with Crippen LogP contribution in [0.2, 0.25) is 0 Å². The van der Waals surface area contributed by atoms with Gasteiger partial charge >= 0.3 is 0 Å². The molecule has 0 saturated heterocycles. The SMILES string of the molecule is CN=C(N)Br. The average Bonchev–Trinajstić information content (AvgIpc) is 1.38. The van der Waals surface area contributed by atoms with Crippen LogP contribution in [0.1, 0.15) is 0 Å². The van der Waals surface area contributed by atoms with Gasteiger partial charge in [0.1, 0.15) is 0 Å². The van der Waals surface area contributed by atoms with Gasteiger partial charge in [0.25, 0.3) is 0 Å². The Hall–Kier alpha value is -0.0500. The molecular weight excluding hydrogens is 132 g/mol. The molecule has 0 bridgehead atoms. The Morgan fingerprint density at radius 3 is 2.20 bits per heavy atom. The molecule has 0 amide bonds. The summed E-state index contributed by atoms with van der Waals surface area (Å²) in [5, 5.41) is 0. The zero-order valence-electron chi connectivity index (χ0n) is 2.90. The Balaban J connectivity index is 3.14. The Bertz CT molecular complexity index is 45.6. The first-order valence-corrected chi connectivity index (χ1v) is 1.94. The van der Waals surface area contributed by atoms with Crippen molar-refractivity contribution in [3.8, 4) is 0 Å². The van der Waals surface area contributed by atoms with Gasteiger partial charge in [-0.25, -0.2) is 0 Å². The van der Waals surface area contributed by atoms with E-state index in [2.05, 4.69) is 20.9 Å². The molecule has 0 aliphatic rings. The third-order valence-corrected chi connectivity index (χ3v) is 0.568.